The molecule has 0 unspecified atom stereocenters. The summed E-state index contributed by atoms with van der Waals surface area (Å²) in [7, 11) is 0. The lowest BCUT2D eigenvalue weighted by Gasteiger charge is -2.26. The highest BCUT2D eigenvalue weighted by molar-refractivity contribution is 9.10. The number of carboxylic acids is 1. The van der Waals surface area contributed by atoms with Crippen LogP contribution in [0.5, 0.6) is 0 Å². The van der Waals surface area contributed by atoms with Crippen LogP contribution < -0.4 is 5.32 Å². The molecular formula is C14H15BrN2O3. The van der Waals surface area contributed by atoms with E-state index in [9.17, 15) is 4.79 Å². The number of benzene rings is 1. The van der Waals surface area contributed by atoms with Crippen molar-refractivity contribution in [2.75, 3.05) is 5.32 Å². The van der Waals surface area contributed by atoms with E-state index in [4.69, 9.17) is 9.63 Å². The molecule has 1 aliphatic rings. The van der Waals surface area contributed by atoms with Gasteiger partial charge in [-0.05, 0) is 43.9 Å². The highest BCUT2D eigenvalue weighted by atomic mass is 79.9. The van der Waals surface area contributed by atoms with E-state index in [1.165, 1.54) is 0 Å². The first-order valence-electron chi connectivity index (χ1n) is 6.68. The van der Waals surface area contributed by atoms with Gasteiger partial charge in [-0.2, -0.15) is 0 Å². The van der Waals surface area contributed by atoms with Gasteiger partial charge in [0.1, 0.15) is 0 Å². The highest BCUT2D eigenvalue weighted by Gasteiger charge is 2.26. The molecule has 1 aromatic carbocycles. The third-order valence-electron chi connectivity index (χ3n) is 3.85. The molecule has 3 rings (SSSR count). The Balaban J connectivity index is 1.71. The first kappa shape index (κ1) is 13.4. The smallest absolute Gasteiger partial charge is 0.306 e. The second-order valence-electron chi connectivity index (χ2n) is 5.20. The van der Waals surface area contributed by atoms with Crippen molar-refractivity contribution < 1.29 is 14.4 Å². The number of halogens is 1. The fourth-order valence-electron chi connectivity index (χ4n) is 2.69. The summed E-state index contributed by atoms with van der Waals surface area (Å²) >= 11 is 3.44. The van der Waals surface area contributed by atoms with E-state index >= 15 is 0 Å². The van der Waals surface area contributed by atoms with E-state index in [0.717, 1.165) is 34.1 Å². The Morgan fingerprint density at radius 3 is 2.80 bits per heavy atom. The molecule has 2 aromatic rings. The normalized spacial score (nSPS) is 22.9. The third-order valence-corrected chi connectivity index (χ3v) is 4.34. The summed E-state index contributed by atoms with van der Waals surface area (Å²) in [5, 5.41) is 17.4. The van der Waals surface area contributed by atoms with Gasteiger partial charge < -0.3 is 14.9 Å². The first-order chi connectivity index (χ1) is 9.63. The van der Waals surface area contributed by atoms with E-state index in [2.05, 4.69) is 26.4 Å². The SMILES string of the molecule is O=C(O)C1CCC(Nc2noc3ccc(Br)cc23)CC1. The Morgan fingerprint density at radius 2 is 2.10 bits per heavy atom. The molecule has 1 aliphatic carbocycles. The van der Waals surface area contributed by atoms with Gasteiger partial charge in [-0.15, -0.1) is 0 Å². The number of hydrogen-bond acceptors (Lipinski definition) is 4. The average Bonchev–Trinajstić information content (AvgIpc) is 2.82. The van der Waals surface area contributed by atoms with Crippen molar-refractivity contribution in [2.24, 2.45) is 5.92 Å². The molecular weight excluding hydrogens is 324 g/mol. The number of aliphatic carboxylic acids is 1. The zero-order valence-corrected chi connectivity index (χ0v) is 12.4. The van der Waals surface area contributed by atoms with Crippen molar-refractivity contribution in [3.63, 3.8) is 0 Å². The first-order valence-corrected chi connectivity index (χ1v) is 7.47. The molecule has 0 radical (unpaired) electrons. The van der Waals surface area contributed by atoms with E-state index in [-0.39, 0.29) is 12.0 Å². The van der Waals surface area contributed by atoms with Gasteiger partial charge in [0, 0.05) is 10.5 Å². The van der Waals surface area contributed by atoms with Crippen molar-refractivity contribution in [2.45, 2.75) is 31.7 Å². The molecule has 20 heavy (non-hydrogen) atoms. The molecule has 0 spiro atoms. The number of rotatable bonds is 3. The highest BCUT2D eigenvalue weighted by Crippen LogP contribution is 2.30. The number of anilines is 1. The van der Waals surface area contributed by atoms with Gasteiger partial charge in [0.05, 0.1) is 11.3 Å². The topological polar surface area (TPSA) is 75.4 Å². The van der Waals surface area contributed by atoms with Crippen molar-refractivity contribution in [3.05, 3.63) is 22.7 Å². The summed E-state index contributed by atoms with van der Waals surface area (Å²) < 4.78 is 6.26. The van der Waals surface area contributed by atoms with Gasteiger partial charge in [0.2, 0.25) is 0 Å². The molecule has 0 atom stereocenters. The molecule has 106 valence electrons. The van der Waals surface area contributed by atoms with Crippen LogP contribution in [0.1, 0.15) is 25.7 Å². The number of nitrogens with one attached hydrogen (secondary N) is 1. The van der Waals surface area contributed by atoms with Gasteiger partial charge in [-0.3, -0.25) is 4.79 Å². The van der Waals surface area contributed by atoms with Crippen LogP contribution in [0.4, 0.5) is 5.82 Å². The molecule has 1 heterocycles. The largest absolute Gasteiger partial charge is 0.481 e. The maximum Gasteiger partial charge on any atom is 0.306 e. The molecule has 1 fully saturated rings. The predicted octanol–water partition coefficient (Wildman–Crippen LogP) is 3.65. The van der Waals surface area contributed by atoms with Crippen molar-refractivity contribution in [1.82, 2.24) is 5.16 Å². The Bertz CT molecular complexity index is 632. The van der Waals surface area contributed by atoms with Crippen LogP contribution in [-0.4, -0.2) is 22.3 Å². The quantitative estimate of drug-likeness (QED) is 0.893. The molecule has 0 saturated heterocycles. The lowest BCUT2D eigenvalue weighted by Crippen LogP contribution is -2.29. The summed E-state index contributed by atoms with van der Waals surface area (Å²) in [6.45, 7) is 0. The minimum Gasteiger partial charge on any atom is -0.481 e. The lowest BCUT2D eigenvalue weighted by atomic mass is 9.86. The van der Waals surface area contributed by atoms with E-state index in [1.54, 1.807) is 0 Å². The monoisotopic (exact) mass is 338 g/mol. The molecule has 6 heteroatoms. The average molecular weight is 339 g/mol. The van der Waals surface area contributed by atoms with Crippen LogP contribution in [0.3, 0.4) is 0 Å². The summed E-state index contributed by atoms with van der Waals surface area (Å²) in [5.74, 6) is -0.143. The van der Waals surface area contributed by atoms with Crippen molar-refractivity contribution in [1.29, 1.82) is 0 Å². The van der Waals surface area contributed by atoms with Crippen LogP contribution in [0.25, 0.3) is 11.0 Å². The van der Waals surface area contributed by atoms with Gasteiger partial charge in [0.25, 0.3) is 0 Å². The van der Waals surface area contributed by atoms with Crippen molar-refractivity contribution >= 4 is 38.7 Å². The Morgan fingerprint density at radius 1 is 1.35 bits per heavy atom. The van der Waals surface area contributed by atoms with Crippen LogP contribution >= 0.6 is 15.9 Å². The Labute approximate surface area is 124 Å². The van der Waals surface area contributed by atoms with Gasteiger partial charge >= 0.3 is 5.97 Å². The van der Waals surface area contributed by atoms with Crippen LogP contribution in [0, 0.1) is 5.92 Å². The number of carboxylic acid groups (broad SMARTS) is 1. The van der Waals surface area contributed by atoms with Gasteiger partial charge in [-0.25, -0.2) is 0 Å². The molecule has 2 N–H and O–H groups in total. The van der Waals surface area contributed by atoms with E-state index in [1.807, 2.05) is 18.2 Å². The summed E-state index contributed by atoms with van der Waals surface area (Å²) in [5.41, 5.74) is 0.745. The number of nitrogens with zero attached hydrogens (tertiary/aromatic N) is 1. The van der Waals surface area contributed by atoms with Crippen LogP contribution in [0.15, 0.2) is 27.2 Å². The molecule has 1 saturated carbocycles. The van der Waals surface area contributed by atoms with Crippen molar-refractivity contribution in [3.8, 4) is 0 Å². The van der Waals surface area contributed by atoms with Crippen LogP contribution in [-0.2, 0) is 4.79 Å². The van der Waals surface area contributed by atoms with Gasteiger partial charge in [-0.1, -0.05) is 21.1 Å². The number of carbonyl (C=O) groups is 1. The fraction of sp³-hybridized carbons (Fsp3) is 0.429. The maximum absolute atomic E-state index is 10.9. The minimum absolute atomic E-state index is 0.198. The Hall–Kier alpha value is -1.56. The number of fused-ring (bicyclic) bond motifs is 1. The summed E-state index contributed by atoms with van der Waals surface area (Å²) in [6, 6.07) is 6.02. The Kier molecular flexibility index (Phi) is 3.65. The fourth-order valence-corrected chi connectivity index (χ4v) is 3.05. The zero-order chi connectivity index (χ0) is 14.1. The molecule has 1 aromatic heterocycles. The number of hydrogen-bond donors (Lipinski definition) is 2. The van der Waals surface area contributed by atoms with Crippen LogP contribution in [0.2, 0.25) is 0 Å². The predicted molar refractivity (Wildman–Crippen MR) is 78.7 cm³/mol. The van der Waals surface area contributed by atoms with E-state index < -0.39 is 5.97 Å². The second kappa shape index (κ2) is 5.44. The molecule has 0 aliphatic heterocycles. The third kappa shape index (κ3) is 2.65. The van der Waals surface area contributed by atoms with E-state index in [0.29, 0.717) is 12.8 Å². The minimum atomic E-state index is -0.681. The lowest BCUT2D eigenvalue weighted by molar-refractivity contribution is -0.142. The zero-order valence-electron chi connectivity index (χ0n) is 10.8. The number of aromatic nitrogens is 1. The molecule has 5 nitrogen and oxygen atoms in total. The second-order valence-corrected chi connectivity index (χ2v) is 6.12. The molecule has 0 amide bonds. The standard InChI is InChI=1S/C14H15BrN2O3/c15-9-3-6-12-11(7-9)13(17-20-12)16-10-4-1-8(2-5-10)14(18)19/h3,6-8,10H,1-2,4-5H2,(H,16,17)(H,18,19). The maximum atomic E-state index is 10.9. The summed E-state index contributed by atoms with van der Waals surface area (Å²) in [6.07, 6.45) is 3.12. The molecule has 0 bridgehead atoms. The summed E-state index contributed by atoms with van der Waals surface area (Å²) in [4.78, 5) is 10.9. The van der Waals surface area contributed by atoms with Gasteiger partial charge in [0.15, 0.2) is 11.4 Å².